The fourth-order valence-corrected chi connectivity index (χ4v) is 2.06. The molecule has 5 nitrogen and oxygen atoms in total. The Balaban J connectivity index is 2.20. The van der Waals surface area contributed by atoms with E-state index in [-0.39, 0.29) is 18.7 Å². The Morgan fingerprint density at radius 1 is 1.56 bits per heavy atom. The first-order chi connectivity index (χ1) is 7.51. The second-order valence-electron chi connectivity index (χ2n) is 3.96. The molecule has 0 unspecified atom stereocenters. The Kier molecular flexibility index (Phi) is 5.70. The van der Waals surface area contributed by atoms with E-state index in [0.29, 0.717) is 13.8 Å². The summed E-state index contributed by atoms with van der Waals surface area (Å²) in [6.07, 6.45) is 1.76. The molecule has 4 N–H and O–H groups in total. The summed E-state index contributed by atoms with van der Waals surface area (Å²) < 4.78 is 10.6. The van der Waals surface area contributed by atoms with Crippen molar-refractivity contribution in [2.24, 2.45) is 5.73 Å². The van der Waals surface area contributed by atoms with Gasteiger partial charge in [0.05, 0.1) is 0 Å². The standard InChI is InChI=1S/C9H19BNO4P/c1-16(12,13)14-7-8-3-4-9(15-8)10-5-2-6-11/h8-10,12-13,16H,3-4,6-7,11H2,1H3/t8-,9+/m0/s1. The van der Waals surface area contributed by atoms with Gasteiger partial charge < -0.3 is 0 Å². The summed E-state index contributed by atoms with van der Waals surface area (Å²) in [5.41, 5.74) is 5.25. The van der Waals surface area contributed by atoms with Gasteiger partial charge in [-0.05, 0) is 0 Å². The molecule has 0 aromatic carbocycles. The normalized spacial score (nSPS) is 26.0. The zero-order valence-electron chi connectivity index (χ0n) is 9.48. The maximum atomic E-state index is 9.10. The Morgan fingerprint density at radius 2 is 2.31 bits per heavy atom. The van der Waals surface area contributed by atoms with Gasteiger partial charge in [-0.25, -0.2) is 0 Å². The van der Waals surface area contributed by atoms with Crippen LogP contribution in [0.25, 0.3) is 0 Å². The fourth-order valence-electron chi connectivity index (χ4n) is 1.56. The van der Waals surface area contributed by atoms with Crippen molar-refractivity contribution < 1.29 is 19.0 Å². The van der Waals surface area contributed by atoms with E-state index in [0.717, 1.165) is 12.8 Å². The van der Waals surface area contributed by atoms with Gasteiger partial charge in [0.2, 0.25) is 0 Å². The van der Waals surface area contributed by atoms with Crippen molar-refractivity contribution >= 4 is 15.2 Å². The molecule has 0 aliphatic carbocycles. The van der Waals surface area contributed by atoms with Gasteiger partial charge >= 0.3 is 96.5 Å². The second-order valence-corrected chi connectivity index (χ2v) is 6.12. The number of hydrogen-bond donors (Lipinski definition) is 3. The van der Waals surface area contributed by atoms with Crippen LogP contribution in [0.1, 0.15) is 12.8 Å². The zero-order valence-corrected chi connectivity index (χ0v) is 10.5. The summed E-state index contributed by atoms with van der Waals surface area (Å²) in [6, 6.07) is 0.123. The van der Waals surface area contributed by atoms with Crippen LogP contribution in [0.3, 0.4) is 0 Å². The summed E-state index contributed by atoms with van der Waals surface area (Å²) in [5.74, 6) is 5.73. The minimum atomic E-state index is -3.40. The van der Waals surface area contributed by atoms with E-state index in [1.165, 1.54) is 6.66 Å². The zero-order chi connectivity index (χ0) is 12.0. The van der Waals surface area contributed by atoms with Crippen molar-refractivity contribution in [3.05, 3.63) is 0 Å². The summed E-state index contributed by atoms with van der Waals surface area (Å²) in [6.45, 7) is 1.93. The number of nitrogens with two attached hydrogens (primary N) is 1. The molecule has 0 saturated carbocycles. The molecule has 1 fully saturated rings. The third-order valence-electron chi connectivity index (χ3n) is 2.29. The van der Waals surface area contributed by atoms with Gasteiger partial charge in [0.25, 0.3) is 0 Å². The molecule has 1 saturated heterocycles. The van der Waals surface area contributed by atoms with E-state index in [1.54, 1.807) is 0 Å². The van der Waals surface area contributed by atoms with Crippen molar-refractivity contribution in [2.75, 3.05) is 19.8 Å². The molecule has 1 aliphatic rings. The molecule has 92 valence electrons. The first kappa shape index (κ1) is 13.9. The predicted octanol–water partition coefficient (Wildman–Crippen LogP) is -1.03. The molecule has 7 heteroatoms. The molecule has 0 bridgehead atoms. The van der Waals surface area contributed by atoms with Crippen LogP contribution >= 0.6 is 7.94 Å². The predicted molar refractivity (Wildman–Crippen MR) is 66.5 cm³/mol. The summed E-state index contributed by atoms with van der Waals surface area (Å²) in [5, 5.41) is 0. The van der Waals surface area contributed by atoms with Crippen molar-refractivity contribution in [1.29, 1.82) is 0 Å². The van der Waals surface area contributed by atoms with Gasteiger partial charge in [-0.2, -0.15) is 0 Å². The average Bonchev–Trinajstić information content (AvgIpc) is 2.62. The average molecular weight is 247 g/mol. The molecule has 1 aliphatic heterocycles. The van der Waals surface area contributed by atoms with Gasteiger partial charge in [-0.3, -0.25) is 0 Å². The Labute approximate surface area is 97.1 Å². The molecule has 1 rings (SSSR count). The van der Waals surface area contributed by atoms with Gasteiger partial charge in [-0.1, -0.05) is 0 Å². The van der Waals surface area contributed by atoms with Crippen molar-refractivity contribution in [1.82, 2.24) is 0 Å². The molecule has 0 aromatic rings. The minimum absolute atomic E-state index is 0.0456. The van der Waals surface area contributed by atoms with Crippen LogP contribution in [0.15, 0.2) is 0 Å². The van der Waals surface area contributed by atoms with Crippen molar-refractivity contribution in [3.8, 4) is 11.7 Å². The van der Waals surface area contributed by atoms with Crippen molar-refractivity contribution in [3.63, 3.8) is 0 Å². The van der Waals surface area contributed by atoms with E-state index in [2.05, 4.69) is 11.7 Å². The molecular weight excluding hydrogens is 228 g/mol. The Morgan fingerprint density at radius 3 is 2.94 bits per heavy atom. The first-order valence-corrected chi connectivity index (χ1v) is 7.71. The number of ether oxygens (including phenoxy) is 1. The fraction of sp³-hybridized carbons (Fsp3) is 0.778. The van der Waals surface area contributed by atoms with Crippen molar-refractivity contribution in [2.45, 2.75) is 24.9 Å². The van der Waals surface area contributed by atoms with Crippen LogP contribution in [-0.2, 0) is 9.26 Å². The second kappa shape index (κ2) is 6.56. The molecule has 2 atom stereocenters. The molecular formula is C9H19BNO4P. The van der Waals surface area contributed by atoms with Gasteiger partial charge in [0, 0.05) is 0 Å². The third-order valence-corrected chi connectivity index (χ3v) is 3.01. The number of rotatable bonds is 4. The van der Waals surface area contributed by atoms with E-state index in [4.69, 9.17) is 24.8 Å². The van der Waals surface area contributed by atoms with E-state index in [9.17, 15) is 0 Å². The number of hydrogen-bond acceptors (Lipinski definition) is 5. The van der Waals surface area contributed by atoms with Crippen LogP contribution in [0.5, 0.6) is 0 Å². The molecule has 1 heterocycles. The van der Waals surface area contributed by atoms with E-state index < -0.39 is 7.94 Å². The monoisotopic (exact) mass is 247 g/mol. The van der Waals surface area contributed by atoms with Gasteiger partial charge in [-0.15, -0.1) is 0 Å². The van der Waals surface area contributed by atoms with Gasteiger partial charge in [0.15, 0.2) is 0 Å². The quantitative estimate of drug-likeness (QED) is 0.336. The topological polar surface area (TPSA) is 84.9 Å². The molecule has 16 heavy (non-hydrogen) atoms. The SMILES string of the molecule is C[PH](O)(O)OC[C@@H]1CC[C@H](BC#CCN)O1. The van der Waals surface area contributed by atoms with Gasteiger partial charge in [0.1, 0.15) is 0 Å². The van der Waals surface area contributed by atoms with Crippen LogP contribution in [-0.4, -0.2) is 49.0 Å². The van der Waals surface area contributed by atoms with Crippen LogP contribution < -0.4 is 5.73 Å². The summed E-state index contributed by atoms with van der Waals surface area (Å²) in [7, 11) is -2.72. The Hall–Kier alpha value is -0.145. The van der Waals surface area contributed by atoms with Crippen LogP contribution in [0, 0.1) is 11.7 Å². The third kappa shape index (κ3) is 5.81. The summed E-state index contributed by atoms with van der Waals surface area (Å²) >= 11 is 0. The van der Waals surface area contributed by atoms with E-state index in [1.807, 2.05) is 0 Å². The Bertz CT molecular complexity index is 273. The summed E-state index contributed by atoms with van der Waals surface area (Å²) in [4.78, 5) is 18.2. The maximum absolute atomic E-state index is 9.10. The molecule has 0 radical (unpaired) electrons. The molecule has 0 amide bonds. The molecule has 0 spiro atoms. The van der Waals surface area contributed by atoms with E-state index >= 15 is 0 Å². The molecule has 0 aromatic heterocycles. The van der Waals surface area contributed by atoms with Crippen LogP contribution in [0.4, 0.5) is 0 Å². The first-order valence-electron chi connectivity index (χ1n) is 5.41. The van der Waals surface area contributed by atoms with Crippen LogP contribution in [0.2, 0.25) is 0 Å².